The Morgan fingerprint density at radius 1 is 1.60 bits per heavy atom. The molecular formula is C11H19N3O. The maximum absolute atomic E-state index is 9.66. The van der Waals surface area contributed by atoms with Gasteiger partial charge in [0.2, 0.25) is 0 Å². The molecule has 1 heterocycles. The molecule has 1 aromatic heterocycles. The number of aromatic nitrogens is 2. The number of aliphatic hydroxyl groups is 1. The van der Waals surface area contributed by atoms with Crippen molar-refractivity contribution in [2.24, 2.45) is 7.05 Å². The van der Waals surface area contributed by atoms with Crippen molar-refractivity contribution in [2.75, 3.05) is 0 Å². The predicted molar refractivity (Wildman–Crippen MR) is 58.4 cm³/mol. The highest BCUT2D eigenvalue weighted by Gasteiger charge is 2.24. The van der Waals surface area contributed by atoms with Crippen LogP contribution in [0.25, 0.3) is 0 Å². The topological polar surface area (TPSA) is 50.1 Å². The van der Waals surface area contributed by atoms with E-state index in [4.69, 9.17) is 0 Å². The van der Waals surface area contributed by atoms with E-state index in [9.17, 15) is 5.11 Å². The highest BCUT2D eigenvalue weighted by atomic mass is 16.3. The lowest BCUT2D eigenvalue weighted by Crippen LogP contribution is -2.35. The van der Waals surface area contributed by atoms with E-state index in [1.165, 1.54) is 5.56 Å². The van der Waals surface area contributed by atoms with Crippen LogP contribution in [0.5, 0.6) is 0 Å². The monoisotopic (exact) mass is 209 g/mol. The average molecular weight is 209 g/mol. The molecule has 1 saturated carbocycles. The van der Waals surface area contributed by atoms with Gasteiger partial charge < -0.3 is 10.4 Å². The maximum Gasteiger partial charge on any atom is 0.0693 e. The SMILES string of the molecule is Cc1nn(C)cc1CN[C@H]1CCC[C@@H]1O. The molecular weight excluding hydrogens is 190 g/mol. The van der Waals surface area contributed by atoms with E-state index in [1.807, 2.05) is 24.9 Å². The Morgan fingerprint density at radius 2 is 2.40 bits per heavy atom. The van der Waals surface area contributed by atoms with Crippen LogP contribution in [0.3, 0.4) is 0 Å². The number of rotatable bonds is 3. The van der Waals surface area contributed by atoms with Crippen molar-refractivity contribution >= 4 is 0 Å². The van der Waals surface area contributed by atoms with E-state index in [0.717, 1.165) is 31.5 Å². The van der Waals surface area contributed by atoms with Crippen molar-refractivity contribution in [3.8, 4) is 0 Å². The van der Waals surface area contributed by atoms with Gasteiger partial charge in [-0.1, -0.05) is 0 Å². The summed E-state index contributed by atoms with van der Waals surface area (Å²) in [5, 5.41) is 17.3. The van der Waals surface area contributed by atoms with E-state index < -0.39 is 0 Å². The van der Waals surface area contributed by atoms with Crippen LogP contribution in [-0.2, 0) is 13.6 Å². The van der Waals surface area contributed by atoms with Crippen LogP contribution in [0.1, 0.15) is 30.5 Å². The van der Waals surface area contributed by atoms with Gasteiger partial charge in [0.25, 0.3) is 0 Å². The van der Waals surface area contributed by atoms with Crippen LogP contribution in [0.15, 0.2) is 6.20 Å². The number of nitrogens with zero attached hydrogens (tertiary/aromatic N) is 2. The molecule has 4 nitrogen and oxygen atoms in total. The molecule has 0 amide bonds. The zero-order valence-corrected chi connectivity index (χ0v) is 9.40. The Bertz CT molecular complexity index is 335. The minimum atomic E-state index is -0.165. The third-order valence-corrected chi connectivity index (χ3v) is 3.15. The summed E-state index contributed by atoms with van der Waals surface area (Å²) >= 11 is 0. The molecule has 0 saturated heterocycles. The number of hydrogen-bond acceptors (Lipinski definition) is 3. The lowest BCUT2D eigenvalue weighted by atomic mass is 10.2. The highest BCUT2D eigenvalue weighted by molar-refractivity contribution is 5.15. The second-order valence-electron chi connectivity index (χ2n) is 4.40. The number of aryl methyl sites for hydroxylation is 2. The van der Waals surface area contributed by atoms with Crippen molar-refractivity contribution in [3.05, 3.63) is 17.5 Å². The second kappa shape index (κ2) is 4.33. The Labute approximate surface area is 90.3 Å². The van der Waals surface area contributed by atoms with Gasteiger partial charge in [-0.3, -0.25) is 4.68 Å². The molecule has 15 heavy (non-hydrogen) atoms. The Kier molecular flexibility index (Phi) is 3.07. The molecule has 0 bridgehead atoms. The van der Waals surface area contributed by atoms with Gasteiger partial charge in [-0.05, 0) is 26.2 Å². The summed E-state index contributed by atoms with van der Waals surface area (Å²) < 4.78 is 1.83. The summed E-state index contributed by atoms with van der Waals surface area (Å²) in [7, 11) is 1.93. The van der Waals surface area contributed by atoms with Crippen molar-refractivity contribution in [3.63, 3.8) is 0 Å². The van der Waals surface area contributed by atoms with E-state index in [-0.39, 0.29) is 12.1 Å². The lowest BCUT2D eigenvalue weighted by molar-refractivity contribution is 0.148. The molecule has 0 radical (unpaired) electrons. The molecule has 2 atom stereocenters. The summed E-state index contributed by atoms with van der Waals surface area (Å²) in [6.07, 6.45) is 5.01. The molecule has 2 N–H and O–H groups in total. The lowest BCUT2D eigenvalue weighted by Gasteiger charge is -2.15. The fraction of sp³-hybridized carbons (Fsp3) is 0.727. The molecule has 84 valence electrons. The zero-order valence-electron chi connectivity index (χ0n) is 9.40. The van der Waals surface area contributed by atoms with Gasteiger partial charge in [-0.2, -0.15) is 5.10 Å². The first-order chi connectivity index (χ1) is 7.16. The molecule has 4 heteroatoms. The first-order valence-electron chi connectivity index (χ1n) is 5.57. The molecule has 0 unspecified atom stereocenters. The Morgan fingerprint density at radius 3 is 2.93 bits per heavy atom. The molecule has 1 aromatic rings. The summed E-state index contributed by atoms with van der Waals surface area (Å²) in [5.74, 6) is 0. The van der Waals surface area contributed by atoms with Crippen LogP contribution >= 0.6 is 0 Å². The second-order valence-corrected chi connectivity index (χ2v) is 4.40. The van der Waals surface area contributed by atoms with Crippen LogP contribution < -0.4 is 5.32 Å². The average Bonchev–Trinajstić information content (AvgIpc) is 2.70. The summed E-state index contributed by atoms with van der Waals surface area (Å²) in [6.45, 7) is 2.82. The Hall–Kier alpha value is -0.870. The summed E-state index contributed by atoms with van der Waals surface area (Å²) in [5.41, 5.74) is 2.29. The van der Waals surface area contributed by atoms with Crippen molar-refractivity contribution in [2.45, 2.75) is 44.9 Å². The largest absolute Gasteiger partial charge is 0.392 e. The summed E-state index contributed by atoms with van der Waals surface area (Å²) in [4.78, 5) is 0. The fourth-order valence-corrected chi connectivity index (χ4v) is 2.24. The third-order valence-electron chi connectivity index (χ3n) is 3.15. The van der Waals surface area contributed by atoms with Gasteiger partial charge in [0.1, 0.15) is 0 Å². The smallest absolute Gasteiger partial charge is 0.0693 e. The molecule has 1 aliphatic carbocycles. The van der Waals surface area contributed by atoms with Gasteiger partial charge in [-0.15, -0.1) is 0 Å². The van der Waals surface area contributed by atoms with Crippen molar-refractivity contribution in [1.82, 2.24) is 15.1 Å². The molecule has 1 fully saturated rings. The third kappa shape index (κ3) is 2.38. The molecule has 0 aliphatic heterocycles. The molecule has 0 spiro atoms. The van der Waals surface area contributed by atoms with E-state index in [0.29, 0.717) is 0 Å². The summed E-state index contributed by atoms with van der Waals surface area (Å²) in [6, 6.07) is 0.268. The molecule has 0 aromatic carbocycles. The van der Waals surface area contributed by atoms with Gasteiger partial charge in [-0.25, -0.2) is 0 Å². The number of hydrogen-bond donors (Lipinski definition) is 2. The van der Waals surface area contributed by atoms with Crippen molar-refractivity contribution < 1.29 is 5.11 Å². The van der Waals surface area contributed by atoms with Crippen LogP contribution in [0, 0.1) is 6.92 Å². The standard InChI is InChI=1S/C11H19N3O/c1-8-9(7-14(2)13-8)6-12-10-4-3-5-11(10)15/h7,10-12,15H,3-6H2,1-2H3/t10-,11-/m0/s1. The number of nitrogens with one attached hydrogen (secondary N) is 1. The number of aliphatic hydroxyl groups excluding tert-OH is 1. The Balaban J connectivity index is 1.90. The quantitative estimate of drug-likeness (QED) is 0.771. The zero-order chi connectivity index (χ0) is 10.8. The van der Waals surface area contributed by atoms with Gasteiger partial charge in [0.15, 0.2) is 0 Å². The predicted octanol–water partition coefficient (Wildman–Crippen LogP) is 0.732. The minimum Gasteiger partial charge on any atom is -0.392 e. The highest BCUT2D eigenvalue weighted by Crippen LogP contribution is 2.19. The molecule has 2 rings (SSSR count). The normalized spacial score (nSPS) is 26.1. The van der Waals surface area contributed by atoms with E-state index in [2.05, 4.69) is 10.4 Å². The van der Waals surface area contributed by atoms with E-state index in [1.54, 1.807) is 0 Å². The van der Waals surface area contributed by atoms with Gasteiger partial charge >= 0.3 is 0 Å². The van der Waals surface area contributed by atoms with Crippen LogP contribution in [-0.4, -0.2) is 27.0 Å². The first kappa shape index (κ1) is 10.6. The molecule has 1 aliphatic rings. The van der Waals surface area contributed by atoms with Gasteiger partial charge in [0.05, 0.1) is 11.8 Å². The maximum atomic E-state index is 9.66. The van der Waals surface area contributed by atoms with Crippen LogP contribution in [0.4, 0.5) is 0 Å². The van der Waals surface area contributed by atoms with E-state index >= 15 is 0 Å². The van der Waals surface area contributed by atoms with Crippen molar-refractivity contribution in [1.29, 1.82) is 0 Å². The first-order valence-corrected chi connectivity index (χ1v) is 5.57. The van der Waals surface area contributed by atoms with Gasteiger partial charge in [0, 0.05) is 31.4 Å². The minimum absolute atomic E-state index is 0.165. The van der Waals surface area contributed by atoms with Crippen LogP contribution in [0.2, 0.25) is 0 Å². The fourth-order valence-electron chi connectivity index (χ4n) is 2.24.